The quantitative estimate of drug-likeness (QED) is 0.458. The molecular weight excluding hydrogens is 358 g/mol. The number of carboxylic acid groups (broad SMARTS) is 1. The Hall–Kier alpha value is -1.97. The molecule has 3 N–H and O–H groups in total. The second-order valence-electron chi connectivity index (χ2n) is 6.91. The minimum absolute atomic E-state index is 0.0120. The molecule has 1 fully saturated rings. The summed E-state index contributed by atoms with van der Waals surface area (Å²) in [5, 5.41) is 30.0. The fourth-order valence-electron chi connectivity index (χ4n) is 4.32. The number of β-lactam (4-membered cyclic amide) rings is 1. The monoisotopic (exact) mass is 378 g/mol. The Morgan fingerprint density at radius 2 is 2.27 bits per heavy atom. The van der Waals surface area contributed by atoms with E-state index in [9.17, 15) is 24.9 Å². The normalized spacial score (nSPS) is 31.0. The number of nitrogens with zero attached hydrogens (tertiary/aromatic N) is 3. The van der Waals surface area contributed by atoms with E-state index >= 15 is 0 Å². The van der Waals surface area contributed by atoms with E-state index in [4.69, 9.17) is 0 Å². The number of hydrogen-bond acceptors (Lipinski definition) is 6. The van der Waals surface area contributed by atoms with Crippen LogP contribution in [-0.2, 0) is 9.59 Å². The summed E-state index contributed by atoms with van der Waals surface area (Å²) in [5.74, 6) is -0.791. The van der Waals surface area contributed by atoms with Gasteiger partial charge in [-0.15, -0.1) is 0 Å². The van der Waals surface area contributed by atoms with E-state index in [1.54, 1.807) is 18.7 Å². The molecule has 4 atom stereocenters. The van der Waals surface area contributed by atoms with Gasteiger partial charge in [-0.3, -0.25) is 4.79 Å². The summed E-state index contributed by atoms with van der Waals surface area (Å²) >= 11 is 1.58. The van der Waals surface area contributed by atoms with Gasteiger partial charge in [0.05, 0.1) is 36.5 Å². The van der Waals surface area contributed by atoms with Crippen LogP contribution in [0.25, 0.3) is 0 Å². The first-order chi connectivity index (χ1) is 12.4. The van der Waals surface area contributed by atoms with Crippen LogP contribution < -0.4 is 0 Å². The minimum Gasteiger partial charge on any atom is -0.477 e. The van der Waals surface area contributed by atoms with Gasteiger partial charge in [0, 0.05) is 5.92 Å². The third kappa shape index (κ3) is 2.23. The van der Waals surface area contributed by atoms with Crippen LogP contribution in [0, 0.1) is 11.8 Å². The largest absolute Gasteiger partial charge is 0.477 e. The lowest BCUT2D eigenvalue weighted by atomic mass is 9.77. The lowest BCUT2D eigenvalue weighted by Crippen LogP contribution is -2.63. The molecule has 4 aliphatic rings. The van der Waals surface area contributed by atoms with Gasteiger partial charge < -0.3 is 20.2 Å². The summed E-state index contributed by atoms with van der Waals surface area (Å²) in [6.45, 7) is 3.28. The average Bonchev–Trinajstić information content (AvgIpc) is 3.22. The molecule has 4 aliphatic heterocycles. The number of aliphatic hydroxyl groups excluding tert-OH is 2. The van der Waals surface area contributed by atoms with E-state index in [-0.39, 0.29) is 30.2 Å². The zero-order chi connectivity index (χ0) is 18.7. The maximum absolute atomic E-state index is 12.4. The summed E-state index contributed by atoms with van der Waals surface area (Å²) in [4.78, 5) is 30.0. The molecule has 0 radical (unpaired) electrons. The van der Waals surface area contributed by atoms with Crippen molar-refractivity contribution >= 4 is 35.7 Å². The maximum Gasteiger partial charge on any atom is 0.352 e. The number of amides is 1. The number of aliphatic hydroxyl groups is 2. The molecule has 0 spiro atoms. The molecule has 1 saturated heterocycles. The number of aliphatic imine (C=N–C) groups is 1. The van der Waals surface area contributed by atoms with E-state index < -0.39 is 18.0 Å². The molecule has 0 aromatic carbocycles. The fraction of sp³-hybridized carbons (Fsp3) is 0.529. The summed E-state index contributed by atoms with van der Waals surface area (Å²) in [6, 6.07) is -0.327. The molecular formula is C17H20N3O5S+. The van der Waals surface area contributed by atoms with Gasteiger partial charge in [-0.2, -0.15) is 4.58 Å². The molecule has 0 unspecified atom stereocenters. The van der Waals surface area contributed by atoms with Crippen LogP contribution in [0.1, 0.15) is 20.3 Å². The molecule has 0 aliphatic carbocycles. The zero-order valence-corrected chi connectivity index (χ0v) is 15.2. The van der Waals surface area contributed by atoms with Crippen LogP contribution in [0.3, 0.4) is 0 Å². The van der Waals surface area contributed by atoms with E-state index in [0.717, 1.165) is 10.8 Å². The number of fused-ring (bicyclic) bond motifs is 2. The highest BCUT2D eigenvalue weighted by Gasteiger charge is 2.60. The number of carbonyl (C=O) groups excluding carboxylic acids is 1. The third-order valence-electron chi connectivity index (χ3n) is 5.50. The smallest absolute Gasteiger partial charge is 0.352 e. The molecule has 1 amide bonds. The molecule has 0 aromatic heterocycles. The first-order valence-electron chi connectivity index (χ1n) is 8.51. The second-order valence-corrected chi connectivity index (χ2v) is 7.92. The molecule has 0 saturated carbocycles. The molecule has 26 heavy (non-hydrogen) atoms. The van der Waals surface area contributed by atoms with Crippen molar-refractivity contribution in [1.29, 1.82) is 0 Å². The molecule has 9 heteroatoms. The summed E-state index contributed by atoms with van der Waals surface area (Å²) in [7, 11) is 0. The van der Waals surface area contributed by atoms with Crippen molar-refractivity contribution in [3.8, 4) is 0 Å². The number of hydrogen-bond donors (Lipinski definition) is 3. The van der Waals surface area contributed by atoms with Crippen LogP contribution in [0.5, 0.6) is 0 Å². The van der Waals surface area contributed by atoms with E-state index in [1.807, 2.05) is 17.7 Å². The van der Waals surface area contributed by atoms with Crippen molar-refractivity contribution in [2.24, 2.45) is 16.8 Å². The summed E-state index contributed by atoms with van der Waals surface area (Å²) < 4.78 is 1.90. The van der Waals surface area contributed by atoms with Crippen molar-refractivity contribution in [3.63, 3.8) is 0 Å². The topological polar surface area (TPSA) is 113 Å². The van der Waals surface area contributed by atoms with Crippen molar-refractivity contribution in [1.82, 2.24) is 4.90 Å². The molecule has 8 nitrogen and oxygen atoms in total. The highest BCUT2D eigenvalue weighted by atomic mass is 32.2. The van der Waals surface area contributed by atoms with Gasteiger partial charge in [-0.05, 0) is 17.5 Å². The molecule has 4 rings (SSSR count). The third-order valence-corrected chi connectivity index (χ3v) is 6.52. The fourth-order valence-corrected chi connectivity index (χ4v) is 5.30. The lowest BCUT2D eigenvalue weighted by molar-refractivity contribution is -0.323. The standard InChI is InChI=1S/C17H19N3O5S/c1-7-9(5-11-18-10(6-21)16-19(11)3-4-26-16)14(17(24)25)20-13(7)12(8(2)22)15(20)23/h3,7-8,12-13,21-22H,4-6H2,1-2H3/p+1/t7-,8+,12+,13+/m0/s1. The number of amidine groups is 1. The number of thioether (sulfide) groups is 1. The zero-order valence-electron chi connectivity index (χ0n) is 14.4. The van der Waals surface area contributed by atoms with Crippen LogP contribution in [0.4, 0.5) is 0 Å². The first-order valence-corrected chi connectivity index (χ1v) is 9.49. The van der Waals surface area contributed by atoms with Crippen LogP contribution in [0.2, 0.25) is 0 Å². The maximum atomic E-state index is 12.4. The Labute approximate surface area is 154 Å². The van der Waals surface area contributed by atoms with E-state index in [2.05, 4.69) is 4.99 Å². The van der Waals surface area contributed by atoms with Gasteiger partial charge in [-0.1, -0.05) is 18.7 Å². The van der Waals surface area contributed by atoms with Gasteiger partial charge in [0.25, 0.3) is 0 Å². The molecule has 4 heterocycles. The number of rotatable bonds is 5. The van der Waals surface area contributed by atoms with Crippen LogP contribution in [0.15, 0.2) is 27.0 Å². The number of carboxylic acids is 1. The SMILES string of the molecule is C[C@@H](O)[C@H]1C(=O)N2C(C(=O)O)=C(CC3=NC(CO)=C4SCC=[N+]34)[C@H](C)[C@H]12. The van der Waals surface area contributed by atoms with Crippen molar-refractivity contribution in [2.75, 3.05) is 12.4 Å². The minimum atomic E-state index is -1.14. The average molecular weight is 378 g/mol. The second kappa shape index (κ2) is 6.04. The highest BCUT2D eigenvalue weighted by Crippen LogP contribution is 2.48. The number of carbonyl (C=O) groups is 2. The summed E-state index contributed by atoms with van der Waals surface area (Å²) in [5.41, 5.74) is 1.24. The Morgan fingerprint density at radius 3 is 2.88 bits per heavy atom. The van der Waals surface area contributed by atoms with Crippen molar-refractivity contribution in [3.05, 3.63) is 22.0 Å². The van der Waals surface area contributed by atoms with E-state index in [0.29, 0.717) is 23.5 Å². The van der Waals surface area contributed by atoms with Gasteiger partial charge >= 0.3 is 11.8 Å². The molecule has 0 bridgehead atoms. The van der Waals surface area contributed by atoms with Gasteiger partial charge in [0.1, 0.15) is 12.3 Å². The molecule has 0 aromatic rings. The predicted octanol–water partition coefficient (Wildman–Crippen LogP) is -0.0237. The predicted molar refractivity (Wildman–Crippen MR) is 94.6 cm³/mol. The van der Waals surface area contributed by atoms with E-state index in [1.165, 1.54) is 4.90 Å². The Balaban J connectivity index is 1.68. The summed E-state index contributed by atoms with van der Waals surface area (Å²) in [6.07, 6.45) is 1.43. The van der Waals surface area contributed by atoms with Crippen LogP contribution in [-0.4, -0.2) is 73.2 Å². The highest BCUT2D eigenvalue weighted by molar-refractivity contribution is 8.03. The number of aliphatic carboxylic acids is 1. The van der Waals surface area contributed by atoms with Crippen molar-refractivity contribution < 1.29 is 29.5 Å². The first kappa shape index (κ1) is 17.4. The Bertz CT molecular complexity index is 841. The van der Waals surface area contributed by atoms with Crippen molar-refractivity contribution in [2.45, 2.75) is 32.4 Å². The Kier molecular flexibility index (Phi) is 4.05. The van der Waals surface area contributed by atoms with Gasteiger partial charge in [-0.25, -0.2) is 4.79 Å². The van der Waals surface area contributed by atoms with Crippen LogP contribution >= 0.6 is 11.8 Å². The van der Waals surface area contributed by atoms with Gasteiger partial charge in [0.2, 0.25) is 16.6 Å². The molecule has 138 valence electrons. The Morgan fingerprint density at radius 1 is 1.54 bits per heavy atom. The van der Waals surface area contributed by atoms with Gasteiger partial charge in [0.15, 0.2) is 0 Å². The lowest BCUT2D eigenvalue weighted by Gasteiger charge is -2.46.